The van der Waals surface area contributed by atoms with Crippen LogP contribution >= 0.6 is 0 Å². The third-order valence-electron chi connectivity index (χ3n) is 12.3. The van der Waals surface area contributed by atoms with Crippen molar-refractivity contribution in [3.63, 3.8) is 0 Å². The molecule has 304 valence electrons. The summed E-state index contributed by atoms with van der Waals surface area (Å²) in [5.41, 5.74) is 4.91. The van der Waals surface area contributed by atoms with Crippen LogP contribution in [0, 0.1) is 6.92 Å². The summed E-state index contributed by atoms with van der Waals surface area (Å²) in [4.78, 5) is 30.4. The lowest BCUT2D eigenvalue weighted by Gasteiger charge is -2.40. The van der Waals surface area contributed by atoms with Crippen molar-refractivity contribution < 1.29 is 18.4 Å². The summed E-state index contributed by atoms with van der Waals surface area (Å²) >= 11 is 0. The molecule has 0 aliphatic heterocycles. The zero-order valence-electron chi connectivity index (χ0n) is 36.1. The maximum absolute atomic E-state index is 15.2. The van der Waals surface area contributed by atoms with Gasteiger partial charge in [0.15, 0.2) is 11.6 Å². The van der Waals surface area contributed by atoms with Crippen molar-refractivity contribution in [1.29, 1.82) is 0 Å². The topological polar surface area (TPSA) is 52.6 Å². The molecule has 2 aromatic carbocycles. The van der Waals surface area contributed by atoms with Gasteiger partial charge in [-0.05, 0) is 49.3 Å². The van der Waals surface area contributed by atoms with E-state index in [4.69, 9.17) is 8.85 Å². The molecule has 2 aliphatic rings. The molecule has 0 unspecified atom stereocenters. The quantitative estimate of drug-likeness (QED) is 0.0637. The van der Waals surface area contributed by atoms with Crippen LogP contribution in [0.4, 0.5) is 0 Å². The first-order valence-corrected chi connectivity index (χ1v) is 28.0. The third-order valence-corrected chi connectivity index (χ3v) is 21.2. The molecule has 0 bridgehead atoms. The van der Waals surface area contributed by atoms with Gasteiger partial charge in [0.25, 0.3) is 16.6 Å². The second-order valence-corrected chi connectivity index (χ2v) is 25.1. The Kier molecular flexibility index (Phi) is 18.7. The molecule has 0 aromatic heterocycles. The largest absolute Gasteiger partial charge is 0.543 e. The minimum absolute atomic E-state index is 0.0762. The summed E-state index contributed by atoms with van der Waals surface area (Å²) in [5.74, 6) is 1.19. The molecule has 0 fully saturated rings. The van der Waals surface area contributed by atoms with Crippen molar-refractivity contribution in [1.82, 2.24) is 0 Å². The predicted molar refractivity (Wildman–Crippen MR) is 240 cm³/mol. The van der Waals surface area contributed by atoms with Crippen molar-refractivity contribution in [2.75, 3.05) is 0 Å². The molecule has 0 amide bonds. The summed E-state index contributed by atoms with van der Waals surface area (Å²) in [5, 5.41) is 0. The standard InChI is InChI=1S/C49H76O4Si2/c1-8-14-22-32-54(33-23-15-9-2,34-24-16-10-3)52-48-41-29-21-20-28-40(41)46(50)44-45(48)47(51)43-38-39(7)30-31-42(43)49(44)53-55(35-25-17-11-4,36-26-18-12-5)37-27-19-13-6/h20-21,28-31,38H,8-19,22-27,32-37H2,1-7H3. The molecule has 0 spiro atoms. The lowest BCUT2D eigenvalue weighted by atomic mass is 9.76. The number of allylic oxidation sites excluding steroid dienone is 2. The maximum Gasteiger partial charge on any atom is 0.251 e. The number of benzene rings is 2. The molecular formula is C49H76O4Si2. The minimum atomic E-state index is -2.41. The van der Waals surface area contributed by atoms with Gasteiger partial charge < -0.3 is 8.85 Å². The molecule has 55 heavy (non-hydrogen) atoms. The van der Waals surface area contributed by atoms with E-state index in [0.29, 0.717) is 33.8 Å². The highest BCUT2D eigenvalue weighted by molar-refractivity contribution is 6.75. The third kappa shape index (κ3) is 11.7. The van der Waals surface area contributed by atoms with Crippen LogP contribution < -0.4 is 0 Å². The Morgan fingerprint density at radius 1 is 0.418 bits per heavy atom. The Labute approximate surface area is 338 Å². The van der Waals surface area contributed by atoms with Gasteiger partial charge in [0.05, 0.1) is 11.1 Å². The second-order valence-electron chi connectivity index (χ2n) is 17.0. The highest BCUT2D eigenvalue weighted by atomic mass is 28.4. The highest BCUT2D eigenvalue weighted by Gasteiger charge is 2.47. The fourth-order valence-corrected chi connectivity index (χ4v) is 17.8. The lowest BCUT2D eigenvalue weighted by Crippen LogP contribution is -2.41. The summed E-state index contributed by atoms with van der Waals surface area (Å²) in [6.45, 7) is 15.7. The molecule has 4 rings (SSSR count). The van der Waals surface area contributed by atoms with E-state index < -0.39 is 16.6 Å². The van der Waals surface area contributed by atoms with Crippen LogP contribution in [-0.2, 0) is 8.85 Å². The Morgan fingerprint density at radius 2 is 0.745 bits per heavy atom. The van der Waals surface area contributed by atoms with Crippen molar-refractivity contribution >= 4 is 39.7 Å². The summed E-state index contributed by atoms with van der Waals surface area (Å²) in [6, 6.07) is 20.7. The van der Waals surface area contributed by atoms with Gasteiger partial charge in [-0.1, -0.05) is 199 Å². The van der Waals surface area contributed by atoms with Gasteiger partial charge in [0, 0.05) is 22.3 Å². The molecular weight excluding hydrogens is 709 g/mol. The molecule has 0 N–H and O–H groups in total. The monoisotopic (exact) mass is 785 g/mol. The Morgan fingerprint density at radius 3 is 1.11 bits per heavy atom. The Bertz CT molecular complexity index is 1550. The number of carbonyl (C=O) groups is 2. The van der Waals surface area contributed by atoms with E-state index in [1.54, 1.807) is 0 Å². The maximum atomic E-state index is 15.2. The number of unbranched alkanes of at least 4 members (excludes halogenated alkanes) is 12. The van der Waals surface area contributed by atoms with Crippen LogP contribution in [0.1, 0.15) is 195 Å². The fourth-order valence-electron chi connectivity index (χ4n) is 9.01. The molecule has 0 radical (unpaired) electrons. The van der Waals surface area contributed by atoms with Gasteiger partial charge in [0.2, 0.25) is 0 Å². The average Bonchev–Trinajstić information content (AvgIpc) is 3.18. The minimum Gasteiger partial charge on any atom is -0.543 e. The molecule has 0 saturated heterocycles. The number of rotatable bonds is 28. The number of ketones is 2. The van der Waals surface area contributed by atoms with E-state index in [1.807, 2.05) is 30.3 Å². The highest BCUT2D eigenvalue weighted by Crippen LogP contribution is 2.49. The molecule has 4 nitrogen and oxygen atoms in total. The van der Waals surface area contributed by atoms with Gasteiger partial charge in [-0.3, -0.25) is 9.59 Å². The van der Waals surface area contributed by atoms with E-state index >= 15 is 9.59 Å². The number of fused-ring (bicyclic) bond motifs is 3. The van der Waals surface area contributed by atoms with E-state index in [0.717, 1.165) is 91.5 Å². The number of aryl methyl sites for hydroxylation is 1. The fraction of sp³-hybridized carbons (Fsp3) is 0.633. The Hall–Kier alpha value is -2.71. The van der Waals surface area contributed by atoms with Crippen molar-refractivity contribution in [2.45, 2.75) is 200 Å². The first-order valence-electron chi connectivity index (χ1n) is 22.9. The smallest absolute Gasteiger partial charge is 0.251 e. The Balaban J connectivity index is 2.04. The van der Waals surface area contributed by atoms with Crippen LogP contribution in [0.2, 0.25) is 36.3 Å². The van der Waals surface area contributed by atoms with Crippen molar-refractivity contribution in [3.8, 4) is 0 Å². The summed E-state index contributed by atoms with van der Waals surface area (Å²) in [6.07, 6.45) is 21.1. The lowest BCUT2D eigenvalue weighted by molar-refractivity contribution is 0.0988. The van der Waals surface area contributed by atoms with Crippen molar-refractivity contribution in [3.05, 3.63) is 81.4 Å². The molecule has 2 aliphatic carbocycles. The van der Waals surface area contributed by atoms with E-state index in [1.165, 1.54) is 77.0 Å². The first kappa shape index (κ1) is 45.0. The molecule has 2 aromatic rings. The summed E-state index contributed by atoms with van der Waals surface area (Å²) in [7, 11) is -4.81. The van der Waals surface area contributed by atoms with E-state index in [9.17, 15) is 0 Å². The molecule has 0 atom stereocenters. The van der Waals surface area contributed by atoms with Gasteiger partial charge in [-0.2, -0.15) is 0 Å². The molecule has 0 saturated carbocycles. The molecule has 0 heterocycles. The van der Waals surface area contributed by atoms with Gasteiger partial charge in [0.1, 0.15) is 11.5 Å². The SMILES string of the molecule is CCCCC[Si](CCCCC)(CCCCC)OC1=C2C(=O)c3cc(C)ccc3C(O[Si](CCCCC)(CCCCC)CCCCC)=C2C(=O)c2ccccc21. The van der Waals surface area contributed by atoms with E-state index in [2.05, 4.69) is 60.6 Å². The number of hydrogen-bond acceptors (Lipinski definition) is 4. The predicted octanol–water partition coefficient (Wildman–Crippen LogP) is 15.6. The van der Waals surface area contributed by atoms with Gasteiger partial charge in [-0.25, -0.2) is 0 Å². The van der Waals surface area contributed by atoms with Crippen molar-refractivity contribution in [2.24, 2.45) is 0 Å². The normalized spacial score (nSPS) is 14.3. The number of Topliss-reactive ketones (excluding diaryl/α,β-unsaturated/α-hetero) is 2. The first-order chi connectivity index (χ1) is 26.7. The average molecular weight is 785 g/mol. The van der Waals surface area contributed by atoms with Crippen LogP contribution in [-0.4, -0.2) is 28.2 Å². The number of carbonyl (C=O) groups excluding carboxylic acids is 2. The zero-order chi connectivity index (χ0) is 39.7. The molecule has 6 heteroatoms. The van der Waals surface area contributed by atoms with Crippen LogP contribution in [0.15, 0.2) is 53.6 Å². The summed E-state index contributed by atoms with van der Waals surface area (Å²) < 4.78 is 15.5. The van der Waals surface area contributed by atoms with Crippen LogP contribution in [0.5, 0.6) is 0 Å². The van der Waals surface area contributed by atoms with Crippen LogP contribution in [0.25, 0.3) is 11.5 Å². The second kappa shape index (κ2) is 22.9. The van der Waals surface area contributed by atoms with Gasteiger partial charge in [-0.15, -0.1) is 0 Å². The zero-order valence-corrected chi connectivity index (χ0v) is 38.1. The number of hydrogen-bond donors (Lipinski definition) is 0. The van der Waals surface area contributed by atoms with Crippen LogP contribution in [0.3, 0.4) is 0 Å². The van der Waals surface area contributed by atoms with E-state index in [-0.39, 0.29) is 11.6 Å². The van der Waals surface area contributed by atoms with Gasteiger partial charge >= 0.3 is 0 Å².